The van der Waals surface area contributed by atoms with E-state index in [1.807, 2.05) is 24.3 Å². The Morgan fingerprint density at radius 2 is 1.12 bits per heavy atom. The SMILES string of the molecule is CCOC(=O)c1cnc(CC2(c3ccc(Cl)cc3)CC2)nc1.NCC(=O)c1cnc(CC2(c3ccc(Cl)cc3)CC2)nc1. The Balaban J connectivity index is 0.000000171. The molecule has 2 saturated carbocycles. The summed E-state index contributed by atoms with van der Waals surface area (Å²) in [7, 11) is 0. The lowest BCUT2D eigenvalue weighted by molar-refractivity contribution is 0.0525. The second-order valence-electron chi connectivity index (χ2n) is 11.1. The molecule has 6 rings (SSSR count). The summed E-state index contributed by atoms with van der Waals surface area (Å²) in [5.74, 6) is 0.991. The highest BCUT2D eigenvalue weighted by Gasteiger charge is 2.45. The predicted octanol–water partition coefficient (Wildman–Crippen LogP) is 6.13. The summed E-state index contributed by atoms with van der Waals surface area (Å²) < 4.78 is 4.93. The van der Waals surface area contributed by atoms with E-state index in [1.165, 1.54) is 23.5 Å². The van der Waals surface area contributed by atoms with Crippen LogP contribution in [0.15, 0.2) is 73.3 Å². The predicted molar refractivity (Wildman–Crippen MR) is 166 cm³/mol. The minimum atomic E-state index is -0.382. The molecule has 0 unspecified atom stereocenters. The van der Waals surface area contributed by atoms with Crippen LogP contribution in [0.3, 0.4) is 0 Å². The number of hydrogen-bond donors (Lipinski definition) is 1. The number of benzene rings is 2. The van der Waals surface area contributed by atoms with E-state index in [0.29, 0.717) is 17.7 Å². The van der Waals surface area contributed by atoms with Crippen LogP contribution < -0.4 is 5.73 Å². The Labute approximate surface area is 261 Å². The third-order valence-electron chi connectivity index (χ3n) is 8.04. The molecule has 2 N–H and O–H groups in total. The van der Waals surface area contributed by atoms with Gasteiger partial charge in [-0.15, -0.1) is 0 Å². The van der Waals surface area contributed by atoms with Gasteiger partial charge in [0.25, 0.3) is 0 Å². The fraction of sp³-hybridized carbons (Fsp3) is 0.333. The Morgan fingerprint density at radius 1 is 0.721 bits per heavy atom. The highest BCUT2D eigenvalue weighted by Crippen LogP contribution is 2.51. The second kappa shape index (κ2) is 13.3. The Bertz CT molecular complexity index is 1550. The van der Waals surface area contributed by atoms with Crippen molar-refractivity contribution < 1.29 is 14.3 Å². The zero-order chi connectivity index (χ0) is 30.5. The summed E-state index contributed by atoms with van der Waals surface area (Å²) in [6.07, 6.45) is 12.3. The summed E-state index contributed by atoms with van der Waals surface area (Å²) in [6.45, 7) is 2.10. The average Bonchev–Trinajstić information content (AvgIpc) is 3.97. The van der Waals surface area contributed by atoms with Crippen molar-refractivity contribution in [3.63, 3.8) is 0 Å². The maximum atomic E-state index is 11.6. The maximum absolute atomic E-state index is 11.6. The number of nitrogens with zero attached hydrogens (tertiary/aromatic N) is 4. The van der Waals surface area contributed by atoms with Crippen molar-refractivity contribution in [2.45, 2.75) is 56.3 Å². The van der Waals surface area contributed by atoms with Crippen molar-refractivity contribution in [3.05, 3.63) is 117 Å². The lowest BCUT2D eigenvalue weighted by Crippen LogP contribution is -2.16. The largest absolute Gasteiger partial charge is 0.462 e. The van der Waals surface area contributed by atoms with Crippen LogP contribution in [0.25, 0.3) is 0 Å². The molecule has 10 heteroatoms. The number of esters is 1. The Hall–Kier alpha value is -3.72. The molecule has 8 nitrogen and oxygen atoms in total. The molecule has 0 saturated heterocycles. The van der Waals surface area contributed by atoms with Gasteiger partial charge >= 0.3 is 5.97 Å². The first kappa shape index (κ1) is 30.7. The fourth-order valence-electron chi connectivity index (χ4n) is 5.12. The van der Waals surface area contributed by atoms with Crippen LogP contribution in [0.1, 0.15) is 76.1 Å². The lowest BCUT2D eigenvalue weighted by atomic mass is 9.92. The minimum absolute atomic E-state index is 0.0164. The van der Waals surface area contributed by atoms with E-state index in [-0.39, 0.29) is 29.1 Å². The van der Waals surface area contributed by atoms with Crippen molar-refractivity contribution >= 4 is 35.0 Å². The number of aromatic nitrogens is 4. The zero-order valence-corrected chi connectivity index (χ0v) is 25.4. The number of ketones is 1. The van der Waals surface area contributed by atoms with Gasteiger partial charge in [-0.05, 0) is 68.0 Å². The van der Waals surface area contributed by atoms with Gasteiger partial charge in [0.15, 0.2) is 5.78 Å². The standard InChI is InChI=1S/C17H17ClN2O2.C16H16ClN3O/c1-2-22-16(21)12-10-19-15(20-11-12)9-17(7-8-17)13-3-5-14(18)6-4-13;17-13-3-1-12(2-4-13)16(5-6-16)7-15-19-9-11(10-20-15)14(21)8-18/h3-6,10-11H,2,7-9H2,1H3;1-4,9-10H,5-8,18H2. The molecule has 0 radical (unpaired) electrons. The molecule has 0 spiro atoms. The van der Waals surface area contributed by atoms with Crippen LogP contribution in [0.2, 0.25) is 10.0 Å². The second-order valence-corrected chi connectivity index (χ2v) is 11.9. The van der Waals surface area contributed by atoms with E-state index in [9.17, 15) is 9.59 Å². The number of nitrogens with two attached hydrogens (primary N) is 1. The Kier molecular flexibility index (Phi) is 9.49. The molecule has 0 atom stereocenters. The molecule has 0 aliphatic heterocycles. The van der Waals surface area contributed by atoms with Crippen LogP contribution >= 0.6 is 23.2 Å². The van der Waals surface area contributed by atoms with E-state index in [2.05, 4.69) is 44.2 Å². The number of carbonyl (C=O) groups is 2. The monoisotopic (exact) mass is 617 g/mol. The van der Waals surface area contributed by atoms with Gasteiger partial charge < -0.3 is 10.5 Å². The first-order valence-electron chi connectivity index (χ1n) is 14.3. The molecule has 2 aliphatic rings. The molecule has 0 amide bonds. The lowest BCUT2D eigenvalue weighted by Gasteiger charge is -2.14. The van der Waals surface area contributed by atoms with Gasteiger partial charge in [-0.25, -0.2) is 24.7 Å². The van der Waals surface area contributed by atoms with Gasteiger partial charge in [-0.1, -0.05) is 47.5 Å². The summed E-state index contributed by atoms with van der Waals surface area (Å²) in [5, 5.41) is 1.49. The van der Waals surface area contributed by atoms with Crippen LogP contribution in [0, 0.1) is 0 Å². The van der Waals surface area contributed by atoms with E-state index in [0.717, 1.165) is 60.2 Å². The molecule has 222 valence electrons. The molecular weight excluding hydrogens is 585 g/mol. The quantitative estimate of drug-likeness (QED) is 0.167. The summed E-state index contributed by atoms with van der Waals surface area (Å²) in [5.41, 5.74) is 8.99. The van der Waals surface area contributed by atoms with Crippen LogP contribution in [-0.2, 0) is 28.4 Å². The summed E-state index contributed by atoms with van der Waals surface area (Å²) in [4.78, 5) is 40.3. The van der Waals surface area contributed by atoms with E-state index in [4.69, 9.17) is 33.7 Å². The molecule has 43 heavy (non-hydrogen) atoms. The maximum Gasteiger partial charge on any atom is 0.341 e. The smallest absolute Gasteiger partial charge is 0.341 e. The van der Waals surface area contributed by atoms with Crippen molar-refractivity contribution in [2.75, 3.05) is 13.2 Å². The minimum Gasteiger partial charge on any atom is -0.462 e. The van der Waals surface area contributed by atoms with Gasteiger partial charge in [-0.3, -0.25) is 4.79 Å². The summed E-state index contributed by atoms with van der Waals surface area (Å²) in [6, 6.07) is 16.0. The normalized spacial score (nSPS) is 15.5. The van der Waals surface area contributed by atoms with E-state index < -0.39 is 0 Å². The summed E-state index contributed by atoms with van der Waals surface area (Å²) >= 11 is 11.9. The van der Waals surface area contributed by atoms with Gasteiger partial charge in [0.1, 0.15) is 11.6 Å². The molecule has 2 fully saturated rings. The van der Waals surface area contributed by atoms with E-state index in [1.54, 1.807) is 19.3 Å². The molecule has 2 aliphatic carbocycles. The first-order valence-corrected chi connectivity index (χ1v) is 15.1. The third-order valence-corrected chi connectivity index (χ3v) is 8.55. The van der Waals surface area contributed by atoms with Gasteiger partial charge in [0, 0.05) is 58.5 Å². The number of hydrogen-bond acceptors (Lipinski definition) is 8. The molecule has 0 bridgehead atoms. The number of carbonyl (C=O) groups excluding carboxylic acids is 2. The fourth-order valence-corrected chi connectivity index (χ4v) is 5.37. The molecule has 4 aromatic rings. The third kappa shape index (κ3) is 7.63. The number of rotatable bonds is 10. The highest BCUT2D eigenvalue weighted by atomic mass is 35.5. The highest BCUT2D eigenvalue weighted by molar-refractivity contribution is 6.30. The molecule has 2 aromatic heterocycles. The van der Waals surface area contributed by atoms with Crippen molar-refractivity contribution in [2.24, 2.45) is 5.73 Å². The average molecular weight is 619 g/mol. The number of ether oxygens (including phenoxy) is 1. The van der Waals surface area contributed by atoms with Gasteiger partial charge in [0.05, 0.1) is 24.3 Å². The van der Waals surface area contributed by atoms with Gasteiger partial charge in [-0.2, -0.15) is 0 Å². The Morgan fingerprint density at radius 3 is 1.47 bits per heavy atom. The molecular formula is C33H33Cl2N5O3. The van der Waals surface area contributed by atoms with Crippen molar-refractivity contribution in [1.29, 1.82) is 0 Å². The number of Topliss-reactive ketones (excluding diaryl/α,β-unsaturated/α-hetero) is 1. The molecule has 2 heterocycles. The van der Waals surface area contributed by atoms with Crippen LogP contribution in [-0.4, -0.2) is 44.8 Å². The number of halogens is 2. The van der Waals surface area contributed by atoms with Crippen LogP contribution in [0.5, 0.6) is 0 Å². The topological polar surface area (TPSA) is 121 Å². The zero-order valence-electron chi connectivity index (χ0n) is 23.9. The molecule has 2 aromatic carbocycles. The van der Waals surface area contributed by atoms with E-state index >= 15 is 0 Å². The van der Waals surface area contributed by atoms with Crippen molar-refractivity contribution in [3.8, 4) is 0 Å². The first-order chi connectivity index (χ1) is 20.8. The van der Waals surface area contributed by atoms with Crippen molar-refractivity contribution in [1.82, 2.24) is 19.9 Å². The van der Waals surface area contributed by atoms with Gasteiger partial charge in [0.2, 0.25) is 0 Å². The van der Waals surface area contributed by atoms with Crippen LogP contribution in [0.4, 0.5) is 0 Å².